The van der Waals surface area contributed by atoms with E-state index in [1.54, 1.807) is 6.20 Å². The Morgan fingerprint density at radius 1 is 1.44 bits per heavy atom. The van der Waals surface area contributed by atoms with Crippen LogP contribution in [0.4, 0.5) is 0 Å². The van der Waals surface area contributed by atoms with Crippen LogP contribution in [-0.2, 0) is 11.2 Å². The first-order chi connectivity index (χ1) is 8.84. The lowest BCUT2D eigenvalue weighted by Crippen LogP contribution is -2.39. The van der Waals surface area contributed by atoms with Crippen LogP contribution >= 0.6 is 0 Å². The summed E-state index contributed by atoms with van der Waals surface area (Å²) in [5, 5.41) is 3.38. The Bertz CT molecular complexity index is 420. The lowest BCUT2D eigenvalue weighted by molar-refractivity contribution is -0.131. The number of fused-ring (bicyclic) bond motifs is 1. The van der Waals surface area contributed by atoms with E-state index in [9.17, 15) is 4.79 Å². The zero-order valence-corrected chi connectivity index (χ0v) is 10.5. The molecule has 0 aromatic carbocycles. The van der Waals surface area contributed by atoms with Crippen LogP contribution in [0.15, 0.2) is 24.4 Å². The molecule has 0 radical (unpaired) electrons. The molecule has 4 heteroatoms. The highest BCUT2D eigenvalue weighted by Crippen LogP contribution is 2.27. The van der Waals surface area contributed by atoms with Crippen molar-refractivity contribution in [3.05, 3.63) is 30.1 Å². The summed E-state index contributed by atoms with van der Waals surface area (Å²) < 4.78 is 0. The van der Waals surface area contributed by atoms with E-state index in [1.165, 1.54) is 0 Å². The fraction of sp³-hybridized carbons (Fsp3) is 0.571. The van der Waals surface area contributed by atoms with Crippen LogP contribution in [0.1, 0.15) is 18.5 Å². The highest BCUT2D eigenvalue weighted by Gasteiger charge is 2.39. The second-order valence-corrected chi connectivity index (χ2v) is 5.18. The van der Waals surface area contributed by atoms with E-state index in [-0.39, 0.29) is 5.91 Å². The molecule has 2 atom stereocenters. The molecule has 0 bridgehead atoms. The van der Waals surface area contributed by atoms with Gasteiger partial charge in [0, 0.05) is 44.0 Å². The third-order valence-corrected chi connectivity index (χ3v) is 4.09. The molecule has 18 heavy (non-hydrogen) atoms. The van der Waals surface area contributed by atoms with E-state index in [4.69, 9.17) is 0 Å². The number of nitrogens with zero attached hydrogens (tertiary/aromatic N) is 2. The number of rotatable bonds is 3. The molecule has 4 nitrogen and oxygen atoms in total. The van der Waals surface area contributed by atoms with Gasteiger partial charge in [0.05, 0.1) is 0 Å². The Hall–Kier alpha value is -1.42. The molecule has 3 rings (SSSR count). The summed E-state index contributed by atoms with van der Waals surface area (Å²) in [5.74, 6) is 0.973. The largest absolute Gasteiger partial charge is 0.338 e. The van der Waals surface area contributed by atoms with Crippen molar-refractivity contribution in [3.8, 4) is 0 Å². The minimum Gasteiger partial charge on any atom is -0.338 e. The van der Waals surface area contributed by atoms with Gasteiger partial charge >= 0.3 is 0 Å². The zero-order valence-electron chi connectivity index (χ0n) is 10.5. The number of carbonyl (C=O) groups excluding carboxylic acids is 1. The first kappa shape index (κ1) is 11.7. The van der Waals surface area contributed by atoms with Gasteiger partial charge in [-0.15, -0.1) is 0 Å². The zero-order chi connectivity index (χ0) is 12.4. The predicted octanol–water partition coefficient (Wildman–Crippen LogP) is 0.835. The molecule has 2 aliphatic rings. The molecule has 0 spiro atoms. The minimum absolute atomic E-state index is 0.289. The van der Waals surface area contributed by atoms with Crippen molar-refractivity contribution >= 4 is 5.91 Å². The maximum atomic E-state index is 12.2. The van der Waals surface area contributed by atoms with Crippen LogP contribution < -0.4 is 5.32 Å². The van der Waals surface area contributed by atoms with Crippen LogP contribution in [0.5, 0.6) is 0 Å². The molecule has 3 heterocycles. The number of nitrogens with one attached hydrogen (secondary N) is 1. The van der Waals surface area contributed by atoms with Crippen LogP contribution in [0.2, 0.25) is 0 Å². The monoisotopic (exact) mass is 245 g/mol. The van der Waals surface area contributed by atoms with Crippen molar-refractivity contribution in [2.75, 3.05) is 19.6 Å². The van der Waals surface area contributed by atoms with Crippen LogP contribution in [0.25, 0.3) is 0 Å². The Morgan fingerprint density at radius 2 is 2.39 bits per heavy atom. The summed E-state index contributed by atoms with van der Waals surface area (Å²) in [7, 11) is 0. The van der Waals surface area contributed by atoms with Crippen molar-refractivity contribution in [2.24, 2.45) is 5.92 Å². The average molecular weight is 245 g/mol. The van der Waals surface area contributed by atoms with Crippen LogP contribution in [0.3, 0.4) is 0 Å². The third-order valence-electron chi connectivity index (χ3n) is 4.09. The number of amides is 1. The number of carbonyl (C=O) groups is 1. The second kappa shape index (κ2) is 5.06. The van der Waals surface area contributed by atoms with Gasteiger partial charge in [0.15, 0.2) is 0 Å². The summed E-state index contributed by atoms with van der Waals surface area (Å²) in [6.45, 7) is 2.99. The molecule has 1 N–H and O–H groups in total. The van der Waals surface area contributed by atoms with Gasteiger partial charge < -0.3 is 10.2 Å². The van der Waals surface area contributed by atoms with Gasteiger partial charge in [0.2, 0.25) is 5.91 Å². The number of likely N-dealkylation sites (tertiary alicyclic amines) is 1. The van der Waals surface area contributed by atoms with Crippen molar-refractivity contribution < 1.29 is 4.79 Å². The minimum atomic E-state index is 0.289. The van der Waals surface area contributed by atoms with Crippen LogP contribution in [-0.4, -0.2) is 41.5 Å². The SMILES string of the molecule is O=C(CCc1ccccn1)N1CC[C@H]2CNC[C@H]21. The normalized spacial score (nSPS) is 26.3. The van der Waals surface area contributed by atoms with Gasteiger partial charge in [-0.05, 0) is 30.9 Å². The van der Waals surface area contributed by atoms with Gasteiger partial charge in [-0.2, -0.15) is 0 Å². The summed E-state index contributed by atoms with van der Waals surface area (Å²) in [5.41, 5.74) is 1.01. The fourth-order valence-corrected chi connectivity index (χ4v) is 3.08. The van der Waals surface area contributed by atoms with E-state index in [0.717, 1.165) is 38.2 Å². The molecule has 2 fully saturated rings. The topological polar surface area (TPSA) is 45.2 Å². The first-order valence-electron chi connectivity index (χ1n) is 6.74. The predicted molar refractivity (Wildman–Crippen MR) is 69.0 cm³/mol. The molecule has 96 valence electrons. The number of aryl methyl sites for hydroxylation is 1. The smallest absolute Gasteiger partial charge is 0.223 e. The van der Waals surface area contributed by atoms with Gasteiger partial charge in [-0.25, -0.2) is 0 Å². The number of pyridine rings is 1. The van der Waals surface area contributed by atoms with Crippen molar-refractivity contribution in [2.45, 2.75) is 25.3 Å². The van der Waals surface area contributed by atoms with E-state index < -0.39 is 0 Å². The Morgan fingerprint density at radius 3 is 3.22 bits per heavy atom. The first-order valence-corrected chi connectivity index (χ1v) is 6.74. The summed E-state index contributed by atoms with van der Waals surface area (Å²) in [4.78, 5) is 18.6. The second-order valence-electron chi connectivity index (χ2n) is 5.18. The highest BCUT2D eigenvalue weighted by molar-refractivity contribution is 5.77. The molecule has 1 amide bonds. The van der Waals surface area contributed by atoms with Crippen molar-refractivity contribution in [1.82, 2.24) is 15.2 Å². The molecule has 1 aromatic rings. The van der Waals surface area contributed by atoms with Gasteiger partial charge in [0.25, 0.3) is 0 Å². The molecule has 2 aliphatic heterocycles. The molecular formula is C14H19N3O. The molecule has 2 saturated heterocycles. The van der Waals surface area contributed by atoms with Crippen molar-refractivity contribution in [3.63, 3.8) is 0 Å². The molecule has 0 saturated carbocycles. The summed E-state index contributed by atoms with van der Waals surface area (Å²) >= 11 is 0. The van der Waals surface area contributed by atoms with E-state index in [1.807, 2.05) is 18.2 Å². The number of aromatic nitrogens is 1. The molecule has 1 aromatic heterocycles. The molecule has 0 unspecified atom stereocenters. The standard InChI is InChI=1S/C14H19N3O/c18-14(5-4-12-3-1-2-7-16-12)17-8-6-11-9-15-10-13(11)17/h1-3,7,11,13,15H,4-6,8-10H2/t11-,13+/m0/s1. The maximum absolute atomic E-state index is 12.2. The molecular weight excluding hydrogens is 226 g/mol. The quantitative estimate of drug-likeness (QED) is 0.858. The Labute approximate surface area is 107 Å². The van der Waals surface area contributed by atoms with Crippen molar-refractivity contribution in [1.29, 1.82) is 0 Å². The van der Waals surface area contributed by atoms with Crippen LogP contribution in [0, 0.1) is 5.92 Å². The van der Waals surface area contributed by atoms with Gasteiger partial charge in [-0.1, -0.05) is 6.07 Å². The van der Waals surface area contributed by atoms with E-state index >= 15 is 0 Å². The van der Waals surface area contributed by atoms with E-state index in [0.29, 0.717) is 18.4 Å². The average Bonchev–Trinajstić information content (AvgIpc) is 2.99. The number of hydrogen-bond acceptors (Lipinski definition) is 3. The fourth-order valence-electron chi connectivity index (χ4n) is 3.08. The number of hydrogen-bond donors (Lipinski definition) is 1. The Balaban J connectivity index is 1.56. The lowest BCUT2D eigenvalue weighted by Gasteiger charge is -2.23. The lowest BCUT2D eigenvalue weighted by atomic mass is 10.1. The summed E-state index contributed by atoms with van der Waals surface area (Å²) in [6.07, 6.45) is 4.28. The maximum Gasteiger partial charge on any atom is 0.223 e. The van der Waals surface area contributed by atoms with Gasteiger partial charge in [-0.3, -0.25) is 9.78 Å². The van der Waals surface area contributed by atoms with Gasteiger partial charge in [0.1, 0.15) is 0 Å². The third kappa shape index (κ3) is 2.25. The molecule has 0 aliphatic carbocycles. The van der Waals surface area contributed by atoms with E-state index in [2.05, 4.69) is 15.2 Å². The highest BCUT2D eigenvalue weighted by atomic mass is 16.2. The Kier molecular flexibility index (Phi) is 3.28. The summed E-state index contributed by atoms with van der Waals surface area (Å²) in [6, 6.07) is 6.30.